The van der Waals surface area contributed by atoms with E-state index in [1.807, 2.05) is 48.5 Å². The van der Waals surface area contributed by atoms with Crippen molar-refractivity contribution in [2.24, 2.45) is 0 Å². The zero-order valence-electron chi connectivity index (χ0n) is 12.8. The van der Waals surface area contributed by atoms with Crippen LogP contribution in [0.5, 0.6) is 17.2 Å². The first-order valence-electron chi connectivity index (χ1n) is 7.21. The second-order valence-corrected chi connectivity index (χ2v) is 5.49. The molecule has 3 nitrogen and oxygen atoms in total. The highest BCUT2D eigenvalue weighted by atomic mass is 35.5. The molecule has 0 amide bonds. The molecule has 3 rings (SSSR count). The van der Waals surface area contributed by atoms with E-state index in [2.05, 4.69) is 11.6 Å². The first-order valence-corrected chi connectivity index (χ1v) is 7.59. The number of methoxy groups -OCH3 is 1. The highest BCUT2D eigenvalue weighted by Gasteiger charge is 2.10. The van der Waals surface area contributed by atoms with Crippen LogP contribution in [0, 0.1) is 0 Å². The fourth-order valence-corrected chi connectivity index (χ4v) is 2.56. The molecule has 3 aromatic rings. The maximum atomic E-state index is 6.05. The van der Waals surface area contributed by atoms with Crippen molar-refractivity contribution in [1.29, 1.82) is 0 Å². The van der Waals surface area contributed by atoms with Gasteiger partial charge >= 0.3 is 0 Å². The van der Waals surface area contributed by atoms with Crippen LogP contribution in [-0.2, 0) is 6.42 Å². The van der Waals surface area contributed by atoms with E-state index in [0.29, 0.717) is 22.3 Å². The van der Waals surface area contributed by atoms with Crippen LogP contribution in [0.25, 0.3) is 10.9 Å². The van der Waals surface area contributed by atoms with Gasteiger partial charge in [-0.05, 0) is 48.4 Å². The van der Waals surface area contributed by atoms with Gasteiger partial charge in [-0.15, -0.1) is 6.58 Å². The van der Waals surface area contributed by atoms with Gasteiger partial charge in [0.05, 0.1) is 12.6 Å². The van der Waals surface area contributed by atoms with E-state index >= 15 is 0 Å². The van der Waals surface area contributed by atoms with Gasteiger partial charge in [-0.1, -0.05) is 23.7 Å². The van der Waals surface area contributed by atoms with Gasteiger partial charge in [0.2, 0.25) is 0 Å². The average molecular weight is 326 g/mol. The van der Waals surface area contributed by atoms with E-state index in [1.54, 1.807) is 13.3 Å². The summed E-state index contributed by atoms with van der Waals surface area (Å²) in [6.07, 6.45) is 4.34. The summed E-state index contributed by atoms with van der Waals surface area (Å²) in [6, 6.07) is 13.2. The van der Waals surface area contributed by atoms with Crippen molar-refractivity contribution >= 4 is 22.5 Å². The lowest BCUT2D eigenvalue weighted by Crippen LogP contribution is -1.93. The summed E-state index contributed by atoms with van der Waals surface area (Å²) in [7, 11) is 1.63. The number of hydrogen-bond donors (Lipinski definition) is 0. The number of nitrogens with zero attached hydrogens (tertiary/aromatic N) is 1. The monoisotopic (exact) mass is 325 g/mol. The number of benzene rings is 2. The van der Waals surface area contributed by atoms with E-state index in [1.165, 1.54) is 0 Å². The van der Waals surface area contributed by atoms with Crippen LogP contribution in [0.2, 0.25) is 5.02 Å². The van der Waals surface area contributed by atoms with Gasteiger partial charge in [0.15, 0.2) is 11.5 Å². The van der Waals surface area contributed by atoms with Crippen LogP contribution in [0.3, 0.4) is 0 Å². The average Bonchev–Trinajstić information content (AvgIpc) is 2.56. The fraction of sp³-hybridized carbons (Fsp3) is 0.105. The third-order valence-corrected chi connectivity index (χ3v) is 3.73. The van der Waals surface area contributed by atoms with Crippen molar-refractivity contribution in [2.45, 2.75) is 6.42 Å². The van der Waals surface area contributed by atoms with Gasteiger partial charge in [-0.2, -0.15) is 0 Å². The molecule has 0 spiro atoms. The number of pyridine rings is 1. The first-order chi connectivity index (χ1) is 11.2. The minimum absolute atomic E-state index is 0.647. The van der Waals surface area contributed by atoms with E-state index in [-0.39, 0.29) is 0 Å². The van der Waals surface area contributed by atoms with E-state index in [0.717, 1.165) is 22.9 Å². The minimum atomic E-state index is 0.647. The second kappa shape index (κ2) is 6.71. The normalized spacial score (nSPS) is 10.5. The number of hydrogen-bond acceptors (Lipinski definition) is 3. The Labute approximate surface area is 140 Å². The van der Waals surface area contributed by atoms with Gasteiger partial charge < -0.3 is 9.47 Å². The Hall–Kier alpha value is -2.52. The summed E-state index contributed by atoms with van der Waals surface area (Å²) in [5, 5.41) is 1.54. The van der Waals surface area contributed by atoms with Gasteiger partial charge in [0.1, 0.15) is 5.75 Å². The number of allylic oxidation sites excluding steroid dienone is 1. The largest absolute Gasteiger partial charge is 0.493 e. The van der Waals surface area contributed by atoms with Gasteiger partial charge in [-0.25, -0.2) is 0 Å². The van der Waals surface area contributed by atoms with Gasteiger partial charge in [-0.3, -0.25) is 4.98 Å². The molecular formula is C19H16ClNO2. The van der Waals surface area contributed by atoms with Gasteiger partial charge in [0, 0.05) is 16.6 Å². The summed E-state index contributed by atoms with van der Waals surface area (Å²) in [5.41, 5.74) is 1.91. The molecular weight excluding hydrogens is 310 g/mol. The molecule has 0 aliphatic rings. The Morgan fingerprint density at radius 3 is 2.74 bits per heavy atom. The maximum absolute atomic E-state index is 6.05. The van der Waals surface area contributed by atoms with Crippen LogP contribution >= 0.6 is 11.6 Å². The number of ether oxygens (including phenoxy) is 2. The molecule has 0 unspecified atom stereocenters. The molecule has 0 aliphatic carbocycles. The number of rotatable bonds is 5. The molecule has 0 bridgehead atoms. The topological polar surface area (TPSA) is 31.4 Å². The quantitative estimate of drug-likeness (QED) is 0.587. The Morgan fingerprint density at radius 2 is 1.96 bits per heavy atom. The van der Waals surface area contributed by atoms with E-state index in [9.17, 15) is 0 Å². The Balaban J connectivity index is 2.00. The van der Waals surface area contributed by atoms with Crippen LogP contribution in [-0.4, -0.2) is 12.1 Å². The summed E-state index contributed by atoms with van der Waals surface area (Å²) >= 11 is 6.02. The van der Waals surface area contributed by atoms with Crippen molar-refractivity contribution in [2.75, 3.05) is 7.11 Å². The number of aromatic nitrogens is 1. The lowest BCUT2D eigenvalue weighted by atomic mass is 10.1. The van der Waals surface area contributed by atoms with Crippen LogP contribution < -0.4 is 9.47 Å². The standard InChI is InChI=1S/C19H16ClNO2/c1-3-4-13-5-8-18(19(11-13)22-2)23-17-9-10-21-16-12-14(20)6-7-15(16)17/h3,5-12H,1,4H2,2H3. The number of halogens is 1. The molecule has 0 saturated heterocycles. The van der Waals surface area contributed by atoms with E-state index in [4.69, 9.17) is 21.1 Å². The highest BCUT2D eigenvalue weighted by Crippen LogP contribution is 2.35. The predicted molar refractivity (Wildman–Crippen MR) is 93.7 cm³/mol. The molecule has 0 fully saturated rings. The van der Waals surface area contributed by atoms with Crippen molar-refractivity contribution in [3.05, 3.63) is 71.9 Å². The van der Waals surface area contributed by atoms with Crippen molar-refractivity contribution in [1.82, 2.24) is 4.98 Å². The van der Waals surface area contributed by atoms with Gasteiger partial charge in [0.25, 0.3) is 0 Å². The third-order valence-electron chi connectivity index (χ3n) is 3.49. The molecule has 23 heavy (non-hydrogen) atoms. The van der Waals surface area contributed by atoms with Crippen molar-refractivity contribution in [3.8, 4) is 17.2 Å². The third kappa shape index (κ3) is 3.30. The Kier molecular flexibility index (Phi) is 4.49. The molecule has 0 aliphatic heterocycles. The summed E-state index contributed by atoms with van der Waals surface area (Å²) in [6.45, 7) is 3.75. The van der Waals surface area contributed by atoms with Crippen LogP contribution in [0.4, 0.5) is 0 Å². The van der Waals surface area contributed by atoms with Crippen molar-refractivity contribution < 1.29 is 9.47 Å². The Bertz CT molecular complexity index is 861. The molecule has 116 valence electrons. The molecule has 0 radical (unpaired) electrons. The summed E-state index contributed by atoms with van der Waals surface area (Å²) < 4.78 is 11.5. The maximum Gasteiger partial charge on any atom is 0.169 e. The fourth-order valence-electron chi connectivity index (χ4n) is 2.39. The second-order valence-electron chi connectivity index (χ2n) is 5.05. The smallest absolute Gasteiger partial charge is 0.169 e. The SMILES string of the molecule is C=CCc1ccc(Oc2ccnc3cc(Cl)ccc23)c(OC)c1. The number of fused-ring (bicyclic) bond motifs is 1. The predicted octanol–water partition coefficient (Wildman–Crippen LogP) is 5.42. The van der Waals surface area contributed by atoms with Crippen molar-refractivity contribution in [3.63, 3.8) is 0 Å². The molecule has 2 aromatic carbocycles. The molecule has 1 heterocycles. The molecule has 1 aromatic heterocycles. The van der Waals surface area contributed by atoms with E-state index < -0.39 is 0 Å². The highest BCUT2D eigenvalue weighted by molar-refractivity contribution is 6.31. The lowest BCUT2D eigenvalue weighted by molar-refractivity contribution is 0.379. The zero-order valence-corrected chi connectivity index (χ0v) is 13.5. The minimum Gasteiger partial charge on any atom is -0.493 e. The van der Waals surface area contributed by atoms with Crippen LogP contribution in [0.1, 0.15) is 5.56 Å². The molecule has 0 saturated carbocycles. The molecule has 4 heteroatoms. The Morgan fingerprint density at radius 1 is 1.09 bits per heavy atom. The summed E-state index contributed by atoms with van der Waals surface area (Å²) in [4.78, 5) is 4.32. The molecule has 0 atom stereocenters. The van der Waals surface area contributed by atoms with Crippen LogP contribution in [0.15, 0.2) is 61.3 Å². The summed E-state index contributed by atoms with van der Waals surface area (Å²) in [5.74, 6) is 2.05. The lowest BCUT2D eigenvalue weighted by Gasteiger charge is -2.13. The first kappa shape index (κ1) is 15.4. The zero-order chi connectivity index (χ0) is 16.2. The molecule has 0 N–H and O–H groups in total.